The van der Waals surface area contributed by atoms with Crippen molar-refractivity contribution in [1.29, 1.82) is 0 Å². The number of hydrogen-bond donors (Lipinski definition) is 3. The predicted octanol–water partition coefficient (Wildman–Crippen LogP) is 3.11. The van der Waals surface area contributed by atoms with Gasteiger partial charge in [0.2, 0.25) is 0 Å². The maximum Gasteiger partial charge on any atom is 0.189 e. The zero-order chi connectivity index (χ0) is 17.8. The van der Waals surface area contributed by atoms with E-state index in [1.165, 1.54) is 6.33 Å². The quantitative estimate of drug-likeness (QED) is 0.431. The number of rotatable bonds is 7. The Hall–Kier alpha value is -3.20. The van der Waals surface area contributed by atoms with Gasteiger partial charge >= 0.3 is 0 Å². The fraction of sp³-hybridized carbons (Fsp3) is 0.176. The Labute approximate surface area is 154 Å². The summed E-state index contributed by atoms with van der Waals surface area (Å²) in [7, 11) is 0. The SMILES string of the molecule is Nc1c(NCCCn2ccnc2)ncnc1Nc1nc2ccccc2s1. The van der Waals surface area contributed by atoms with Gasteiger partial charge in [-0.2, -0.15) is 0 Å². The Morgan fingerprint density at radius 2 is 2.04 bits per heavy atom. The topological polar surface area (TPSA) is 107 Å². The molecule has 0 amide bonds. The minimum Gasteiger partial charge on any atom is -0.393 e. The maximum atomic E-state index is 6.21. The van der Waals surface area contributed by atoms with Crippen molar-refractivity contribution in [3.05, 3.63) is 49.3 Å². The van der Waals surface area contributed by atoms with E-state index in [-0.39, 0.29) is 0 Å². The number of benzene rings is 1. The van der Waals surface area contributed by atoms with Crippen LogP contribution < -0.4 is 16.4 Å². The van der Waals surface area contributed by atoms with E-state index in [9.17, 15) is 0 Å². The molecule has 1 aromatic carbocycles. The molecule has 0 saturated carbocycles. The zero-order valence-corrected chi connectivity index (χ0v) is 14.8. The molecule has 132 valence electrons. The molecule has 0 unspecified atom stereocenters. The van der Waals surface area contributed by atoms with Crippen LogP contribution in [-0.2, 0) is 6.54 Å². The van der Waals surface area contributed by atoms with Crippen LogP contribution in [0.3, 0.4) is 0 Å². The van der Waals surface area contributed by atoms with Gasteiger partial charge in [0, 0.05) is 25.5 Å². The molecule has 4 N–H and O–H groups in total. The van der Waals surface area contributed by atoms with E-state index < -0.39 is 0 Å². The van der Waals surface area contributed by atoms with Gasteiger partial charge in [-0.25, -0.2) is 19.9 Å². The second-order valence-electron chi connectivity index (χ2n) is 5.68. The van der Waals surface area contributed by atoms with Crippen molar-refractivity contribution >= 4 is 44.0 Å². The molecule has 3 aromatic heterocycles. The van der Waals surface area contributed by atoms with E-state index in [4.69, 9.17) is 5.73 Å². The number of fused-ring (bicyclic) bond motifs is 1. The minimum absolute atomic E-state index is 0.481. The Morgan fingerprint density at radius 3 is 2.88 bits per heavy atom. The molecule has 4 rings (SSSR count). The lowest BCUT2D eigenvalue weighted by molar-refractivity contribution is 0.660. The average molecular weight is 366 g/mol. The predicted molar refractivity (Wildman–Crippen MR) is 105 cm³/mol. The monoisotopic (exact) mass is 366 g/mol. The Balaban J connectivity index is 1.41. The Kier molecular flexibility index (Phi) is 4.61. The minimum atomic E-state index is 0.481. The van der Waals surface area contributed by atoms with Crippen LogP contribution in [0, 0.1) is 0 Å². The Morgan fingerprint density at radius 1 is 1.15 bits per heavy atom. The number of para-hydroxylation sites is 1. The number of hydrogen-bond acceptors (Lipinski definition) is 8. The molecule has 0 aliphatic heterocycles. The van der Waals surface area contributed by atoms with Gasteiger partial charge in [-0.3, -0.25) is 0 Å². The summed E-state index contributed by atoms with van der Waals surface area (Å²) in [5.41, 5.74) is 7.64. The van der Waals surface area contributed by atoms with Crippen LogP contribution in [0.15, 0.2) is 49.3 Å². The maximum absolute atomic E-state index is 6.21. The lowest BCUT2D eigenvalue weighted by Crippen LogP contribution is -2.10. The van der Waals surface area contributed by atoms with Crippen LogP contribution in [-0.4, -0.2) is 31.0 Å². The number of aryl methyl sites for hydroxylation is 1. The first-order valence-electron chi connectivity index (χ1n) is 8.22. The van der Waals surface area contributed by atoms with E-state index in [1.807, 2.05) is 35.0 Å². The molecule has 4 aromatic rings. The van der Waals surface area contributed by atoms with Crippen molar-refractivity contribution in [2.75, 3.05) is 22.9 Å². The molecular formula is C17H18N8S. The average Bonchev–Trinajstić information content (AvgIpc) is 3.30. The van der Waals surface area contributed by atoms with Crippen LogP contribution in [0.5, 0.6) is 0 Å². The fourth-order valence-electron chi connectivity index (χ4n) is 2.55. The standard InChI is InChI=1S/C17H18N8S/c18-14-15(20-6-3-8-25-9-7-19-11-25)21-10-22-16(14)24-17-23-12-4-1-2-5-13(12)26-17/h1-2,4-5,7,9-11H,3,6,8,18H2,(H2,20,21,22,23,24). The highest BCUT2D eigenvalue weighted by Gasteiger charge is 2.10. The molecule has 0 fully saturated rings. The molecule has 0 bridgehead atoms. The van der Waals surface area contributed by atoms with Crippen LogP contribution in [0.25, 0.3) is 10.2 Å². The normalized spacial score (nSPS) is 10.9. The Bertz CT molecular complexity index is 962. The molecule has 9 heteroatoms. The first-order chi connectivity index (χ1) is 12.8. The first kappa shape index (κ1) is 16.3. The van der Waals surface area contributed by atoms with Crippen molar-refractivity contribution < 1.29 is 0 Å². The summed E-state index contributed by atoms with van der Waals surface area (Å²) >= 11 is 1.56. The van der Waals surface area contributed by atoms with Crippen LogP contribution >= 0.6 is 11.3 Å². The highest BCUT2D eigenvalue weighted by atomic mass is 32.1. The highest BCUT2D eigenvalue weighted by molar-refractivity contribution is 7.22. The van der Waals surface area contributed by atoms with E-state index in [0.717, 1.165) is 34.9 Å². The molecule has 0 aliphatic carbocycles. The summed E-state index contributed by atoms with van der Waals surface area (Å²) in [5.74, 6) is 1.17. The molecule has 0 spiro atoms. The number of imidazole rings is 1. The van der Waals surface area contributed by atoms with Gasteiger partial charge in [-0.1, -0.05) is 23.5 Å². The van der Waals surface area contributed by atoms with Crippen LogP contribution in [0.1, 0.15) is 6.42 Å². The number of nitrogen functional groups attached to an aromatic ring is 1. The highest BCUT2D eigenvalue weighted by Crippen LogP contribution is 2.30. The van der Waals surface area contributed by atoms with Gasteiger partial charge in [-0.05, 0) is 18.6 Å². The lowest BCUT2D eigenvalue weighted by atomic mass is 10.3. The molecule has 0 saturated heterocycles. The van der Waals surface area contributed by atoms with Crippen LogP contribution in [0.4, 0.5) is 22.5 Å². The summed E-state index contributed by atoms with van der Waals surface area (Å²) in [4.78, 5) is 17.0. The van der Waals surface area contributed by atoms with Gasteiger partial charge in [0.1, 0.15) is 12.0 Å². The molecule has 8 nitrogen and oxygen atoms in total. The van der Waals surface area contributed by atoms with Crippen molar-refractivity contribution in [2.24, 2.45) is 0 Å². The van der Waals surface area contributed by atoms with Gasteiger partial charge in [0.25, 0.3) is 0 Å². The number of nitrogens with two attached hydrogens (primary N) is 1. The number of anilines is 4. The van der Waals surface area contributed by atoms with E-state index in [0.29, 0.717) is 17.3 Å². The molecular weight excluding hydrogens is 348 g/mol. The smallest absolute Gasteiger partial charge is 0.189 e. The number of thiazole rings is 1. The second kappa shape index (κ2) is 7.36. The molecule has 26 heavy (non-hydrogen) atoms. The van der Waals surface area contributed by atoms with E-state index in [1.54, 1.807) is 23.9 Å². The molecule has 0 atom stereocenters. The molecule has 0 radical (unpaired) electrons. The number of nitrogens with one attached hydrogen (secondary N) is 2. The summed E-state index contributed by atoms with van der Waals surface area (Å²) < 4.78 is 3.14. The zero-order valence-electron chi connectivity index (χ0n) is 14.0. The van der Waals surface area contributed by atoms with Crippen molar-refractivity contribution in [3.63, 3.8) is 0 Å². The third kappa shape index (κ3) is 3.57. The first-order valence-corrected chi connectivity index (χ1v) is 9.04. The number of aromatic nitrogens is 5. The van der Waals surface area contributed by atoms with Gasteiger partial charge in [-0.15, -0.1) is 0 Å². The molecule has 0 aliphatic rings. The van der Waals surface area contributed by atoms with Gasteiger partial charge in [0.15, 0.2) is 16.8 Å². The third-order valence-electron chi connectivity index (χ3n) is 3.85. The van der Waals surface area contributed by atoms with Gasteiger partial charge < -0.3 is 20.9 Å². The van der Waals surface area contributed by atoms with Gasteiger partial charge in [0.05, 0.1) is 16.5 Å². The molecule has 3 heterocycles. The summed E-state index contributed by atoms with van der Waals surface area (Å²) in [6.45, 7) is 1.63. The summed E-state index contributed by atoms with van der Waals surface area (Å²) in [6, 6.07) is 7.98. The van der Waals surface area contributed by atoms with E-state index >= 15 is 0 Å². The van der Waals surface area contributed by atoms with Crippen molar-refractivity contribution in [3.8, 4) is 0 Å². The summed E-state index contributed by atoms with van der Waals surface area (Å²) in [6.07, 6.45) is 7.94. The summed E-state index contributed by atoms with van der Waals surface area (Å²) in [5, 5.41) is 7.21. The largest absolute Gasteiger partial charge is 0.393 e. The van der Waals surface area contributed by atoms with Crippen molar-refractivity contribution in [1.82, 2.24) is 24.5 Å². The number of nitrogens with zero attached hydrogens (tertiary/aromatic N) is 5. The lowest BCUT2D eigenvalue weighted by Gasteiger charge is -2.11. The second-order valence-corrected chi connectivity index (χ2v) is 6.71. The fourth-order valence-corrected chi connectivity index (χ4v) is 3.42. The van der Waals surface area contributed by atoms with Crippen molar-refractivity contribution in [2.45, 2.75) is 13.0 Å². The third-order valence-corrected chi connectivity index (χ3v) is 4.80. The van der Waals surface area contributed by atoms with Crippen LogP contribution in [0.2, 0.25) is 0 Å². The van der Waals surface area contributed by atoms with E-state index in [2.05, 4.69) is 30.6 Å².